The van der Waals surface area contributed by atoms with Gasteiger partial charge in [-0.3, -0.25) is 14.4 Å². The van der Waals surface area contributed by atoms with Gasteiger partial charge in [0.1, 0.15) is 11.9 Å². The number of aryl methyl sites for hydroxylation is 2. The molecule has 1 unspecified atom stereocenters. The molecule has 1 atom stereocenters. The first-order valence-corrected chi connectivity index (χ1v) is 10.2. The van der Waals surface area contributed by atoms with Crippen molar-refractivity contribution < 1.29 is 13.9 Å². The Balaban J connectivity index is 1.56. The molecule has 1 aromatic carbocycles. The average molecular weight is 415 g/mol. The number of anilines is 1. The molecule has 4 rings (SSSR count). The highest BCUT2D eigenvalue weighted by molar-refractivity contribution is 7.14. The summed E-state index contributed by atoms with van der Waals surface area (Å²) in [5, 5.41) is 9.70. The van der Waals surface area contributed by atoms with Crippen LogP contribution in [0.1, 0.15) is 17.3 Å². The standard InChI is InChI=1S/C20H22FN5O2S/c1-13-16(11-25(2)24-13)17-12-29-20(22-17)23-19(27)18(26-7-9-28-10-8-26)14-3-5-15(21)6-4-14/h3-6,11-12,18H,7-10H2,1-2H3,(H,22,23,27). The third-order valence-corrected chi connectivity index (χ3v) is 5.63. The van der Waals surface area contributed by atoms with Crippen LogP contribution >= 0.6 is 11.3 Å². The van der Waals surface area contributed by atoms with E-state index in [-0.39, 0.29) is 11.7 Å². The third-order valence-electron chi connectivity index (χ3n) is 4.87. The molecule has 0 bridgehead atoms. The molecule has 0 aliphatic carbocycles. The van der Waals surface area contributed by atoms with E-state index in [1.54, 1.807) is 16.8 Å². The summed E-state index contributed by atoms with van der Waals surface area (Å²) in [6.07, 6.45) is 1.91. The molecule has 1 fully saturated rings. The molecular formula is C20H22FN5O2S. The lowest BCUT2D eigenvalue weighted by atomic mass is 10.0. The van der Waals surface area contributed by atoms with Gasteiger partial charge in [0, 0.05) is 37.3 Å². The molecule has 29 heavy (non-hydrogen) atoms. The van der Waals surface area contributed by atoms with Crippen molar-refractivity contribution in [2.45, 2.75) is 13.0 Å². The van der Waals surface area contributed by atoms with Gasteiger partial charge in [-0.2, -0.15) is 5.10 Å². The number of benzene rings is 1. The minimum atomic E-state index is -0.535. The Labute approximate surface area is 172 Å². The lowest BCUT2D eigenvalue weighted by molar-refractivity contribution is -0.123. The number of morpholine rings is 1. The number of ether oxygens (including phenoxy) is 1. The van der Waals surface area contributed by atoms with Crippen LogP contribution < -0.4 is 5.32 Å². The number of amides is 1. The van der Waals surface area contributed by atoms with Gasteiger partial charge in [-0.05, 0) is 24.6 Å². The second kappa shape index (κ2) is 8.40. The van der Waals surface area contributed by atoms with Gasteiger partial charge in [-0.15, -0.1) is 11.3 Å². The van der Waals surface area contributed by atoms with Crippen LogP contribution in [0.5, 0.6) is 0 Å². The Kier molecular flexibility index (Phi) is 5.70. The van der Waals surface area contributed by atoms with Crippen LogP contribution in [0.2, 0.25) is 0 Å². The van der Waals surface area contributed by atoms with Gasteiger partial charge in [0.2, 0.25) is 5.91 Å². The maximum Gasteiger partial charge on any atom is 0.248 e. The summed E-state index contributed by atoms with van der Waals surface area (Å²) in [4.78, 5) is 19.8. The van der Waals surface area contributed by atoms with E-state index in [1.165, 1.54) is 23.5 Å². The lowest BCUT2D eigenvalue weighted by Gasteiger charge is -2.33. The zero-order chi connectivity index (χ0) is 20.4. The minimum absolute atomic E-state index is 0.192. The monoisotopic (exact) mass is 415 g/mol. The zero-order valence-corrected chi connectivity index (χ0v) is 17.1. The summed E-state index contributed by atoms with van der Waals surface area (Å²) < 4.78 is 20.5. The molecule has 1 N–H and O–H groups in total. The van der Waals surface area contributed by atoms with Gasteiger partial charge in [-0.1, -0.05) is 12.1 Å². The Bertz CT molecular complexity index is 995. The lowest BCUT2D eigenvalue weighted by Crippen LogP contribution is -2.43. The molecule has 1 saturated heterocycles. The summed E-state index contributed by atoms with van der Waals surface area (Å²) in [7, 11) is 1.86. The summed E-state index contributed by atoms with van der Waals surface area (Å²) >= 11 is 1.37. The van der Waals surface area contributed by atoms with E-state index in [2.05, 4.69) is 15.4 Å². The predicted octanol–water partition coefficient (Wildman–Crippen LogP) is 3.00. The molecule has 0 radical (unpaired) electrons. The number of carbonyl (C=O) groups is 1. The second-order valence-corrected chi connectivity index (χ2v) is 7.79. The normalized spacial score (nSPS) is 16.0. The van der Waals surface area contributed by atoms with Crippen LogP contribution in [-0.4, -0.2) is 51.9 Å². The maximum atomic E-state index is 13.4. The van der Waals surface area contributed by atoms with E-state index >= 15 is 0 Å². The Morgan fingerprint density at radius 1 is 1.28 bits per heavy atom. The van der Waals surface area contributed by atoms with E-state index in [0.29, 0.717) is 31.4 Å². The van der Waals surface area contributed by atoms with Crippen molar-refractivity contribution in [3.63, 3.8) is 0 Å². The summed E-state index contributed by atoms with van der Waals surface area (Å²) in [6, 6.07) is 5.53. The van der Waals surface area contributed by atoms with Crippen molar-refractivity contribution >= 4 is 22.4 Å². The molecule has 3 heterocycles. The van der Waals surface area contributed by atoms with Crippen molar-refractivity contribution in [2.24, 2.45) is 7.05 Å². The topological polar surface area (TPSA) is 72.3 Å². The molecule has 0 spiro atoms. The fourth-order valence-corrected chi connectivity index (χ4v) is 4.20. The number of thiazole rings is 1. The Morgan fingerprint density at radius 2 is 2.00 bits per heavy atom. The van der Waals surface area contributed by atoms with Crippen molar-refractivity contribution in [2.75, 3.05) is 31.6 Å². The SMILES string of the molecule is Cc1nn(C)cc1-c1csc(NC(=O)C(c2ccc(F)cc2)N2CCOCC2)n1. The molecule has 9 heteroatoms. The second-order valence-electron chi connectivity index (χ2n) is 6.93. The maximum absolute atomic E-state index is 13.4. The number of aromatic nitrogens is 3. The summed E-state index contributed by atoms with van der Waals surface area (Å²) in [5.74, 6) is -0.520. The van der Waals surface area contributed by atoms with Crippen molar-refractivity contribution in [1.29, 1.82) is 0 Å². The van der Waals surface area contributed by atoms with Gasteiger partial charge in [-0.25, -0.2) is 9.37 Å². The highest BCUT2D eigenvalue weighted by Gasteiger charge is 2.29. The van der Waals surface area contributed by atoms with E-state index in [1.807, 2.05) is 30.4 Å². The van der Waals surface area contributed by atoms with Crippen LogP contribution in [0.15, 0.2) is 35.8 Å². The number of rotatable bonds is 5. The molecule has 0 saturated carbocycles. The van der Waals surface area contributed by atoms with Crippen molar-refractivity contribution in [3.8, 4) is 11.3 Å². The fraction of sp³-hybridized carbons (Fsp3) is 0.350. The quantitative estimate of drug-likeness (QED) is 0.694. The third kappa shape index (κ3) is 4.36. The van der Waals surface area contributed by atoms with Crippen LogP contribution in [-0.2, 0) is 16.6 Å². The number of nitrogens with one attached hydrogen (secondary N) is 1. The van der Waals surface area contributed by atoms with Gasteiger partial charge in [0.05, 0.1) is 24.6 Å². The minimum Gasteiger partial charge on any atom is -0.379 e. The largest absolute Gasteiger partial charge is 0.379 e. The molecule has 1 amide bonds. The molecule has 3 aromatic rings. The van der Waals surface area contributed by atoms with E-state index in [9.17, 15) is 9.18 Å². The van der Waals surface area contributed by atoms with Crippen LogP contribution in [0, 0.1) is 12.7 Å². The molecule has 152 valence electrons. The average Bonchev–Trinajstić information content (AvgIpc) is 3.30. The number of hydrogen-bond acceptors (Lipinski definition) is 6. The van der Waals surface area contributed by atoms with Gasteiger partial charge >= 0.3 is 0 Å². The smallest absolute Gasteiger partial charge is 0.248 e. The zero-order valence-electron chi connectivity index (χ0n) is 16.3. The summed E-state index contributed by atoms with van der Waals surface area (Å²) in [5.41, 5.74) is 3.34. The highest BCUT2D eigenvalue weighted by Crippen LogP contribution is 2.29. The Hall–Kier alpha value is -2.62. The molecule has 1 aliphatic heterocycles. The Morgan fingerprint density at radius 3 is 2.66 bits per heavy atom. The van der Waals surface area contributed by atoms with Gasteiger partial charge in [0.25, 0.3) is 0 Å². The fourth-order valence-electron chi connectivity index (χ4n) is 3.49. The van der Waals surface area contributed by atoms with Gasteiger partial charge < -0.3 is 10.1 Å². The van der Waals surface area contributed by atoms with Crippen LogP contribution in [0.25, 0.3) is 11.3 Å². The predicted molar refractivity (Wildman–Crippen MR) is 109 cm³/mol. The number of halogens is 1. The van der Waals surface area contributed by atoms with Crippen LogP contribution in [0.3, 0.4) is 0 Å². The first kappa shape index (κ1) is 19.7. The first-order chi connectivity index (χ1) is 14.0. The molecule has 2 aromatic heterocycles. The van der Waals surface area contributed by atoms with E-state index in [4.69, 9.17) is 4.74 Å². The van der Waals surface area contributed by atoms with Crippen molar-refractivity contribution in [1.82, 2.24) is 19.7 Å². The first-order valence-electron chi connectivity index (χ1n) is 9.35. The van der Waals surface area contributed by atoms with Gasteiger partial charge in [0.15, 0.2) is 5.13 Å². The van der Waals surface area contributed by atoms with E-state index in [0.717, 1.165) is 22.5 Å². The number of hydrogen-bond donors (Lipinski definition) is 1. The number of carbonyl (C=O) groups excluding carboxylic acids is 1. The molecule has 7 nitrogen and oxygen atoms in total. The van der Waals surface area contributed by atoms with Crippen molar-refractivity contribution in [3.05, 3.63) is 52.9 Å². The molecular weight excluding hydrogens is 393 g/mol. The highest BCUT2D eigenvalue weighted by atomic mass is 32.1. The van der Waals surface area contributed by atoms with E-state index < -0.39 is 6.04 Å². The van der Waals surface area contributed by atoms with Crippen LogP contribution in [0.4, 0.5) is 9.52 Å². The number of nitrogens with zero attached hydrogens (tertiary/aromatic N) is 4. The summed E-state index contributed by atoms with van der Waals surface area (Å²) in [6.45, 7) is 4.32. The molecule has 1 aliphatic rings.